The van der Waals surface area contributed by atoms with E-state index in [1.165, 1.54) is 0 Å². The highest BCUT2D eigenvalue weighted by Crippen LogP contribution is 2.30. The van der Waals surface area contributed by atoms with E-state index in [1.54, 1.807) is 0 Å². The van der Waals surface area contributed by atoms with Crippen LogP contribution >= 0.6 is 0 Å². The number of nitrogens with two attached hydrogens (primary N) is 1. The van der Waals surface area contributed by atoms with Crippen molar-refractivity contribution >= 4 is 11.0 Å². The SMILES string of the molecule is Cc1cccc2[nH]c(=O)n(C3CCC(N)C3)c12. The van der Waals surface area contributed by atoms with Crippen molar-refractivity contribution in [2.45, 2.75) is 38.3 Å². The van der Waals surface area contributed by atoms with Gasteiger partial charge in [0.15, 0.2) is 0 Å². The summed E-state index contributed by atoms with van der Waals surface area (Å²) < 4.78 is 1.90. The van der Waals surface area contributed by atoms with Gasteiger partial charge in [0.25, 0.3) is 0 Å². The standard InChI is InChI=1S/C13H17N3O/c1-8-3-2-4-11-12(8)16(13(17)15-11)10-6-5-9(14)7-10/h2-4,9-10H,5-7,14H2,1H3,(H,15,17). The second-order valence-corrected chi connectivity index (χ2v) is 5.00. The third kappa shape index (κ3) is 1.60. The summed E-state index contributed by atoms with van der Waals surface area (Å²) in [6.45, 7) is 2.04. The average molecular weight is 231 g/mol. The molecule has 1 heterocycles. The van der Waals surface area contributed by atoms with Crippen LogP contribution in [-0.2, 0) is 0 Å². The van der Waals surface area contributed by atoms with E-state index in [1.807, 2.05) is 29.7 Å². The summed E-state index contributed by atoms with van der Waals surface area (Å²) in [7, 11) is 0. The summed E-state index contributed by atoms with van der Waals surface area (Å²) >= 11 is 0. The van der Waals surface area contributed by atoms with Crippen LogP contribution in [0, 0.1) is 6.92 Å². The van der Waals surface area contributed by atoms with Gasteiger partial charge in [-0.2, -0.15) is 0 Å². The number of imidazole rings is 1. The van der Waals surface area contributed by atoms with Crippen LogP contribution in [0.15, 0.2) is 23.0 Å². The van der Waals surface area contributed by atoms with Crippen molar-refractivity contribution in [3.05, 3.63) is 34.2 Å². The minimum Gasteiger partial charge on any atom is -0.328 e. The molecule has 3 rings (SSSR count). The third-order valence-corrected chi connectivity index (χ3v) is 3.75. The third-order valence-electron chi connectivity index (χ3n) is 3.75. The smallest absolute Gasteiger partial charge is 0.326 e. The Hall–Kier alpha value is -1.55. The molecule has 0 aliphatic heterocycles. The number of rotatable bonds is 1. The predicted octanol–water partition coefficient (Wildman–Crippen LogP) is 1.69. The van der Waals surface area contributed by atoms with Crippen LogP contribution in [0.2, 0.25) is 0 Å². The van der Waals surface area contributed by atoms with Gasteiger partial charge < -0.3 is 10.7 Å². The van der Waals surface area contributed by atoms with Crippen LogP contribution in [0.25, 0.3) is 11.0 Å². The van der Waals surface area contributed by atoms with Gasteiger partial charge in [0.05, 0.1) is 11.0 Å². The van der Waals surface area contributed by atoms with Crippen molar-refractivity contribution in [2.24, 2.45) is 5.73 Å². The molecule has 1 aromatic carbocycles. The first-order valence-electron chi connectivity index (χ1n) is 6.12. The highest BCUT2D eigenvalue weighted by molar-refractivity contribution is 5.78. The van der Waals surface area contributed by atoms with Gasteiger partial charge in [-0.05, 0) is 37.8 Å². The zero-order valence-corrected chi connectivity index (χ0v) is 9.94. The van der Waals surface area contributed by atoms with Gasteiger partial charge in [0, 0.05) is 12.1 Å². The number of nitrogens with one attached hydrogen (secondary N) is 1. The van der Waals surface area contributed by atoms with E-state index in [2.05, 4.69) is 4.98 Å². The lowest BCUT2D eigenvalue weighted by Gasteiger charge is -2.12. The Bertz CT molecular complexity index is 611. The second-order valence-electron chi connectivity index (χ2n) is 5.00. The summed E-state index contributed by atoms with van der Waals surface area (Å²) in [5.74, 6) is 0. The fourth-order valence-corrected chi connectivity index (χ4v) is 2.93. The van der Waals surface area contributed by atoms with E-state index in [0.29, 0.717) is 0 Å². The van der Waals surface area contributed by atoms with E-state index in [9.17, 15) is 4.79 Å². The van der Waals surface area contributed by atoms with Gasteiger partial charge in [-0.3, -0.25) is 4.57 Å². The summed E-state index contributed by atoms with van der Waals surface area (Å²) in [6.07, 6.45) is 2.92. The summed E-state index contributed by atoms with van der Waals surface area (Å²) in [4.78, 5) is 15.0. The van der Waals surface area contributed by atoms with E-state index >= 15 is 0 Å². The van der Waals surface area contributed by atoms with Crippen LogP contribution in [0.3, 0.4) is 0 Å². The molecule has 90 valence electrons. The van der Waals surface area contributed by atoms with Crippen LogP contribution in [0.5, 0.6) is 0 Å². The topological polar surface area (TPSA) is 63.8 Å². The molecule has 0 radical (unpaired) electrons. The Morgan fingerprint density at radius 3 is 2.94 bits per heavy atom. The van der Waals surface area contributed by atoms with Crippen molar-refractivity contribution < 1.29 is 0 Å². The number of hydrogen-bond donors (Lipinski definition) is 2. The number of nitrogens with zero attached hydrogens (tertiary/aromatic N) is 1. The Kier molecular flexibility index (Phi) is 2.33. The van der Waals surface area contributed by atoms with Gasteiger partial charge in [0.2, 0.25) is 0 Å². The van der Waals surface area contributed by atoms with E-state index in [0.717, 1.165) is 35.9 Å². The molecule has 1 aromatic heterocycles. The number of fused-ring (bicyclic) bond motifs is 1. The zero-order valence-electron chi connectivity index (χ0n) is 9.94. The Balaban J connectivity index is 2.21. The highest BCUT2D eigenvalue weighted by atomic mass is 16.1. The molecule has 1 aliphatic rings. The van der Waals surface area contributed by atoms with Crippen LogP contribution in [0.1, 0.15) is 30.9 Å². The number of aryl methyl sites for hydroxylation is 1. The molecule has 1 saturated carbocycles. The van der Waals surface area contributed by atoms with Gasteiger partial charge in [-0.1, -0.05) is 12.1 Å². The second kappa shape index (κ2) is 3.74. The lowest BCUT2D eigenvalue weighted by Crippen LogP contribution is -2.23. The molecule has 2 atom stereocenters. The van der Waals surface area contributed by atoms with Crippen LogP contribution in [-0.4, -0.2) is 15.6 Å². The van der Waals surface area contributed by atoms with Crippen molar-refractivity contribution in [1.29, 1.82) is 0 Å². The Labute approximate surface area is 99.4 Å². The maximum absolute atomic E-state index is 12.1. The Morgan fingerprint density at radius 2 is 2.24 bits per heavy atom. The average Bonchev–Trinajstić information content (AvgIpc) is 2.82. The number of hydrogen-bond acceptors (Lipinski definition) is 2. The number of aromatic amines is 1. The molecule has 17 heavy (non-hydrogen) atoms. The highest BCUT2D eigenvalue weighted by Gasteiger charge is 2.26. The monoisotopic (exact) mass is 231 g/mol. The minimum absolute atomic E-state index is 0.00611. The van der Waals surface area contributed by atoms with E-state index < -0.39 is 0 Å². The first-order chi connectivity index (χ1) is 8.16. The van der Waals surface area contributed by atoms with Crippen molar-refractivity contribution in [1.82, 2.24) is 9.55 Å². The van der Waals surface area contributed by atoms with E-state index in [4.69, 9.17) is 5.73 Å². The number of H-pyrrole nitrogens is 1. The van der Waals surface area contributed by atoms with Gasteiger partial charge in [0.1, 0.15) is 0 Å². The first kappa shape index (κ1) is 10.6. The quantitative estimate of drug-likeness (QED) is 0.784. The molecule has 1 aliphatic carbocycles. The lowest BCUT2D eigenvalue weighted by atomic mass is 10.1. The fourth-order valence-electron chi connectivity index (χ4n) is 2.93. The molecule has 4 heteroatoms. The predicted molar refractivity (Wildman–Crippen MR) is 68.2 cm³/mol. The molecular formula is C13H17N3O. The van der Waals surface area contributed by atoms with Crippen LogP contribution in [0.4, 0.5) is 0 Å². The molecule has 0 bridgehead atoms. The molecule has 0 amide bonds. The molecule has 4 nitrogen and oxygen atoms in total. The number of benzene rings is 1. The molecule has 1 fully saturated rings. The van der Waals surface area contributed by atoms with Crippen molar-refractivity contribution in [2.75, 3.05) is 0 Å². The summed E-state index contributed by atoms with van der Waals surface area (Å²) in [6, 6.07) is 6.46. The summed E-state index contributed by atoms with van der Waals surface area (Å²) in [5, 5.41) is 0. The lowest BCUT2D eigenvalue weighted by molar-refractivity contribution is 0.509. The zero-order chi connectivity index (χ0) is 12.0. The molecule has 2 aromatic rings. The van der Waals surface area contributed by atoms with E-state index in [-0.39, 0.29) is 17.8 Å². The number of aromatic nitrogens is 2. The molecule has 0 saturated heterocycles. The maximum Gasteiger partial charge on any atom is 0.326 e. The van der Waals surface area contributed by atoms with Gasteiger partial charge in [-0.15, -0.1) is 0 Å². The van der Waals surface area contributed by atoms with Crippen molar-refractivity contribution in [3.63, 3.8) is 0 Å². The fraction of sp³-hybridized carbons (Fsp3) is 0.462. The maximum atomic E-state index is 12.1. The largest absolute Gasteiger partial charge is 0.328 e. The molecule has 0 spiro atoms. The molecule has 3 N–H and O–H groups in total. The van der Waals surface area contributed by atoms with Gasteiger partial charge >= 0.3 is 5.69 Å². The van der Waals surface area contributed by atoms with Gasteiger partial charge in [-0.25, -0.2) is 4.79 Å². The summed E-state index contributed by atoms with van der Waals surface area (Å²) in [5.41, 5.74) is 9.04. The Morgan fingerprint density at radius 1 is 1.41 bits per heavy atom. The van der Waals surface area contributed by atoms with Crippen molar-refractivity contribution in [3.8, 4) is 0 Å². The first-order valence-corrected chi connectivity index (χ1v) is 6.12. The normalized spacial score (nSPS) is 24.6. The molecule has 2 unspecified atom stereocenters. The minimum atomic E-state index is -0.00611. The number of para-hydroxylation sites is 1. The van der Waals surface area contributed by atoms with Crippen LogP contribution < -0.4 is 11.4 Å². The molecular weight excluding hydrogens is 214 g/mol.